The van der Waals surface area contributed by atoms with Gasteiger partial charge >= 0.3 is 0 Å². The van der Waals surface area contributed by atoms with Gasteiger partial charge in [-0.15, -0.1) is 0 Å². The van der Waals surface area contributed by atoms with Crippen molar-refractivity contribution >= 4 is 5.91 Å². The van der Waals surface area contributed by atoms with Crippen LogP contribution in [0.2, 0.25) is 0 Å². The van der Waals surface area contributed by atoms with Crippen LogP contribution in [0.1, 0.15) is 36.8 Å². The molecule has 0 atom stereocenters. The minimum Gasteiger partial charge on any atom is -0.361 e. The van der Waals surface area contributed by atoms with Gasteiger partial charge in [-0.1, -0.05) is 12.1 Å². The van der Waals surface area contributed by atoms with Crippen molar-refractivity contribution in [3.8, 4) is 0 Å². The summed E-state index contributed by atoms with van der Waals surface area (Å²) in [4.78, 5) is 12.0. The molecule has 106 valence electrons. The van der Waals surface area contributed by atoms with Gasteiger partial charge in [0.25, 0.3) is 0 Å². The van der Waals surface area contributed by atoms with Crippen LogP contribution in [0.25, 0.3) is 0 Å². The molecule has 0 saturated carbocycles. The standard InChI is InChI=1S/C14H23N3O2/c1-10-12(11(2)19-17-10)8-13(18)16-9-14(3)4-6-15-7-5-14/h15H,4-9H2,1-3H3,(H,16,18). The lowest BCUT2D eigenvalue weighted by Crippen LogP contribution is -2.43. The molecule has 1 aliphatic heterocycles. The van der Waals surface area contributed by atoms with Gasteiger partial charge in [0.15, 0.2) is 0 Å². The Labute approximate surface area is 114 Å². The van der Waals surface area contributed by atoms with Crippen LogP contribution >= 0.6 is 0 Å². The van der Waals surface area contributed by atoms with Gasteiger partial charge < -0.3 is 15.2 Å². The fraction of sp³-hybridized carbons (Fsp3) is 0.714. The van der Waals surface area contributed by atoms with E-state index in [1.807, 2.05) is 13.8 Å². The maximum Gasteiger partial charge on any atom is 0.224 e. The molecular formula is C14H23N3O2. The van der Waals surface area contributed by atoms with E-state index >= 15 is 0 Å². The summed E-state index contributed by atoms with van der Waals surface area (Å²) in [6.45, 7) is 8.78. The lowest BCUT2D eigenvalue weighted by Gasteiger charge is -2.34. The van der Waals surface area contributed by atoms with E-state index in [1.54, 1.807) is 0 Å². The molecule has 0 aliphatic carbocycles. The van der Waals surface area contributed by atoms with Crippen LogP contribution in [0.3, 0.4) is 0 Å². The molecule has 19 heavy (non-hydrogen) atoms. The van der Waals surface area contributed by atoms with Gasteiger partial charge in [0.2, 0.25) is 5.91 Å². The third kappa shape index (κ3) is 3.56. The van der Waals surface area contributed by atoms with E-state index in [2.05, 4.69) is 22.7 Å². The average Bonchev–Trinajstić information content (AvgIpc) is 2.69. The Kier molecular flexibility index (Phi) is 4.24. The molecule has 0 radical (unpaired) electrons. The van der Waals surface area contributed by atoms with Gasteiger partial charge in [-0.05, 0) is 45.2 Å². The fourth-order valence-corrected chi connectivity index (χ4v) is 2.50. The topological polar surface area (TPSA) is 67.2 Å². The summed E-state index contributed by atoms with van der Waals surface area (Å²) in [7, 11) is 0. The van der Waals surface area contributed by atoms with E-state index in [-0.39, 0.29) is 11.3 Å². The van der Waals surface area contributed by atoms with Gasteiger partial charge in [0, 0.05) is 12.1 Å². The molecule has 0 aromatic carbocycles. The van der Waals surface area contributed by atoms with Crippen molar-refractivity contribution in [2.45, 2.75) is 40.0 Å². The third-order valence-corrected chi connectivity index (χ3v) is 4.04. The second-order valence-electron chi connectivity index (χ2n) is 5.82. The van der Waals surface area contributed by atoms with Gasteiger partial charge in [-0.2, -0.15) is 0 Å². The molecule has 0 unspecified atom stereocenters. The van der Waals surface area contributed by atoms with E-state index in [0.29, 0.717) is 6.42 Å². The second-order valence-corrected chi connectivity index (χ2v) is 5.82. The summed E-state index contributed by atoms with van der Waals surface area (Å²) in [6.07, 6.45) is 2.58. The SMILES string of the molecule is Cc1noc(C)c1CC(=O)NCC1(C)CCNCC1. The summed E-state index contributed by atoms with van der Waals surface area (Å²) in [5.41, 5.74) is 1.94. The number of rotatable bonds is 4. The second kappa shape index (κ2) is 5.74. The number of hydrogen-bond donors (Lipinski definition) is 2. The van der Waals surface area contributed by atoms with Crippen LogP contribution in [0.15, 0.2) is 4.52 Å². The zero-order valence-corrected chi connectivity index (χ0v) is 12.0. The van der Waals surface area contributed by atoms with Crippen LogP contribution in [-0.4, -0.2) is 30.7 Å². The first-order chi connectivity index (χ1) is 9.00. The predicted molar refractivity (Wildman–Crippen MR) is 72.9 cm³/mol. The van der Waals surface area contributed by atoms with Crippen molar-refractivity contribution in [2.75, 3.05) is 19.6 Å². The first-order valence-electron chi connectivity index (χ1n) is 6.89. The highest BCUT2D eigenvalue weighted by molar-refractivity contribution is 5.79. The van der Waals surface area contributed by atoms with E-state index in [1.165, 1.54) is 0 Å². The highest BCUT2D eigenvalue weighted by Crippen LogP contribution is 2.26. The molecule has 2 heterocycles. The molecule has 5 heteroatoms. The van der Waals surface area contributed by atoms with Crippen LogP contribution in [-0.2, 0) is 11.2 Å². The van der Waals surface area contributed by atoms with Crippen molar-refractivity contribution < 1.29 is 9.32 Å². The number of carbonyl (C=O) groups excluding carboxylic acids is 1. The zero-order chi connectivity index (χ0) is 13.9. The number of hydrogen-bond acceptors (Lipinski definition) is 4. The number of aromatic nitrogens is 1. The highest BCUT2D eigenvalue weighted by Gasteiger charge is 2.27. The van der Waals surface area contributed by atoms with E-state index < -0.39 is 0 Å². The molecule has 0 bridgehead atoms. The summed E-state index contributed by atoms with van der Waals surface area (Å²) in [6, 6.07) is 0. The van der Waals surface area contributed by atoms with Gasteiger partial charge in [-0.3, -0.25) is 4.79 Å². The normalized spacial score (nSPS) is 18.3. The summed E-state index contributed by atoms with van der Waals surface area (Å²) < 4.78 is 5.07. The quantitative estimate of drug-likeness (QED) is 0.862. The summed E-state index contributed by atoms with van der Waals surface area (Å²) in [5.74, 6) is 0.787. The number of carbonyl (C=O) groups is 1. The minimum atomic E-state index is 0.0501. The third-order valence-electron chi connectivity index (χ3n) is 4.04. The maximum atomic E-state index is 12.0. The fourth-order valence-electron chi connectivity index (χ4n) is 2.50. The Morgan fingerprint density at radius 1 is 1.42 bits per heavy atom. The highest BCUT2D eigenvalue weighted by atomic mass is 16.5. The number of amides is 1. The smallest absolute Gasteiger partial charge is 0.224 e. The van der Waals surface area contributed by atoms with Crippen molar-refractivity contribution in [1.29, 1.82) is 0 Å². The van der Waals surface area contributed by atoms with Crippen LogP contribution < -0.4 is 10.6 Å². The monoisotopic (exact) mass is 265 g/mol. The largest absolute Gasteiger partial charge is 0.361 e. The van der Waals surface area contributed by atoms with Gasteiger partial charge in [0.05, 0.1) is 12.1 Å². The van der Waals surface area contributed by atoms with Crippen LogP contribution in [0.5, 0.6) is 0 Å². The van der Waals surface area contributed by atoms with Crippen LogP contribution in [0, 0.1) is 19.3 Å². The minimum absolute atomic E-state index is 0.0501. The first kappa shape index (κ1) is 14.1. The van der Waals surface area contributed by atoms with Crippen molar-refractivity contribution in [3.05, 3.63) is 17.0 Å². The molecule has 1 saturated heterocycles. The lowest BCUT2D eigenvalue weighted by atomic mass is 9.81. The molecule has 1 aliphatic rings. The first-order valence-corrected chi connectivity index (χ1v) is 6.89. The van der Waals surface area contributed by atoms with E-state index in [0.717, 1.165) is 49.5 Å². The Balaban J connectivity index is 1.85. The molecule has 1 aromatic heterocycles. The Bertz CT molecular complexity index is 428. The molecule has 1 fully saturated rings. The zero-order valence-electron chi connectivity index (χ0n) is 12.0. The van der Waals surface area contributed by atoms with Gasteiger partial charge in [-0.25, -0.2) is 0 Å². The molecule has 5 nitrogen and oxygen atoms in total. The van der Waals surface area contributed by atoms with Gasteiger partial charge in [0.1, 0.15) is 5.76 Å². The molecule has 1 amide bonds. The molecule has 1 aromatic rings. The predicted octanol–water partition coefficient (Wildman–Crippen LogP) is 1.34. The van der Waals surface area contributed by atoms with E-state index in [4.69, 9.17) is 4.52 Å². The number of aryl methyl sites for hydroxylation is 2. The Morgan fingerprint density at radius 3 is 2.68 bits per heavy atom. The molecule has 0 spiro atoms. The Hall–Kier alpha value is -1.36. The maximum absolute atomic E-state index is 12.0. The number of nitrogens with zero attached hydrogens (tertiary/aromatic N) is 1. The van der Waals surface area contributed by atoms with Crippen molar-refractivity contribution in [2.24, 2.45) is 5.41 Å². The molecule has 2 N–H and O–H groups in total. The lowest BCUT2D eigenvalue weighted by molar-refractivity contribution is -0.121. The average molecular weight is 265 g/mol. The summed E-state index contributed by atoms with van der Waals surface area (Å²) in [5, 5.41) is 10.3. The summed E-state index contributed by atoms with van der Waals surface area (Å²) >= 11 is 0. The number of nitrogens with one attached hydrogen (secondary N) is 2. The van der Waals surface area contributed by atoms with Crippen molar-refractivity contribution in [1.82, 2.24) is 15.8 Å². The molecule has 2 rings (SSSR count). The number of piperidine rings is 1. The van der Waals surface area contributed by atoms with Crippen LogP contribution in [0.4, 0.5) is 0 Å². The molecular weight excluding hydrogens is 242 g/mol. The Morgan fingerprint density at radius 2 is 2.11 bits per heavy atom. The van der Waals surface area contributed by atoms with Crippen molar-refractivity contribution in [3.63, 3.8) is 0 Å². The van der Waals surface area contributed by atoms with E-state index in [9.17, 15) is 4.79 Å².